The van der Waals surface area contributed by atoms with Gasteiger partial charge in [0.25, 0.3) is 0 Å². The highest BCUT2D eigenvalue weighted by atomic mass is 35.5. The van der Waals surface area contributed by atoms with Crippen LogP contribution in [0, 0.1) is 0 Å². The van der Waals surface area contributed by atoms with E-state index in [1.807, 2.05) is 0 Å². The number of carbonyl (C=O) groups is 1. The summed E-state index contributed by atoms with van der Waals surface area (Å²) >= 11 is 0. The van der Waals surface area contributed by atoms with Gasteiger partial charge in [-0.15, -0.1) is 24.8 Å². The first-order valence-corrected chi connectivity index (χ1v) is 2.02. The Morgan fingerprint density at radius 2 is 1.89 bits per heavy atom. The van der Waals surface area contributed by atoms with Crippen LogP contribution < -0.4 is 5.73 Å². The molecule has 0 rings (SSSR count). The average molecular weight is 176 g/mol. The van der Waals surface area contributed by atoms with Gasteiger partial charge in [0.15, 0.2) is 0 Å². The van der Waals surface area contributed by atoms with Crippen LogP contribution in [0.15, 0.2) is 0 Å². The van der Waals surface area contributed by atoms with Gasteiger partial charge in [-0.25, -0.2) is 0 Å². The Hall–Kier alpha value is 0.01000. The van der Waals surface area contributed by atoms with Gasteiger partial charge in [0.05, 0.1) is 7.11 Å². The van der Waals surface area contributed by atoms with Crippen LogP contribution in [0.25, 0.3) is 0 Å². The maximum Gasteiger partial charge on any atom is 0.322 e. The average Bonchev–Trinajstić information content (AvgIpc) is 1.65. The van der Waals surface area contributed by atoms with Gasteiger partial charge in [0.2, 0.25) is 0 Å². The second-order valence-corrected chi connectivity index (χ2v) is 1.31. The van der Waals surface area contributed by atoms with Crippen LogP contribution in [-0.4, -0.2) is 19.1 Å². The molecule has 0 saturated carbocycles. The summed E-state index contributed by atoms with van der Waals surface area (Å²) in [5.41, 5.74) is 5.07. The van der Waals surface area contributed by atoms with Crippen LogP contribution in [0.1, 0.15) is 6.92 Å². The van der Waals surface area contributed by atoms with Crippen LogP contribution in [0.3, 0.4) is 0 Å². The van der Waals surface area contributed by atoms with Gasteiger partial charge >= 0.3 is 5.97 Å². The number of halogens is 2. The minimum Gasteiger partial charge on any atom is -0.468 e. The van der Waals surface area contributed by atoms with Crippen LogP contribution in [0.4, 0.5) is 0 Å². The SMILES string of the molecule is COC(=O)[C@H](C)N.Cl.Cl. The van der Waals surface area contributed by atoms with Gasteiger partial charge in [-0.3, -0.25) is 4.79 Å². The topological polar surface area (TPSA) is 52.3 Å². The summed E-state index contributed by atoms with van der Waals surface area (Å²) in [6.07, 6.45) is 0. The highest BCUT2D eigenvalue weighted by Gasteiger charge is 2.03. The van der Waals surface area contributed by atoms with E-state index in [0.717, 1.165) is 0 Å². The Bertz CT molecular complexity index is 77.0. The second-order valence-electron chi connectivity index (χ2n) is 1.31. The van der Waals surface area contributed by atoms with Crippen LogP contribution in [0.5, 0.6) is 0 Å². The molecule has 0 saturated heterocycles. The van der Waals surface area contributed by atoms with Crippen LogP contribution in [-0.2, 0) is 9.53 Å². The number of nitrogens with two attached hydrogens (primary N) is 1. The Morgan fingerprint density at radius 1 is 1.56 bits per heavy atom. The number of hydrogen-bond donors (Lipinski definition) is 1. The van der Waals surface area contributed by atoms with Gasteiger partial charge in [0, 0.05) is 0 Å². The summed E-state index contributed by atoms with van der Waals surface area (Å²) in [6.45, 7) is 1.58. The number of hydrogen-bond acceptors (Lipinski definition) is 3. The van der Waals surface area contributed by atoms with Crippen molar-refractivity contribution in [3.05, 3.63) is 0 Å². The summed E-state index contributed by atoms with van der Waals surface area (Å²) in [5.74, 6) is -0.375. The van der Waals surface area contributed by atoms with E-state index in [0.29, 0.717) is 0 Å². The Morgan fingerprint density at radius 3 is 1.89 bits per heavy atom. The normalized spacial score (nSPS) is 10.1. The summed E-state index contributed by atoms with van der Waals surface area (Å²) < 4.78 is 4.25. The zero-order valence-electron chi connectivity index (χ0n) is 5.29. The molecule has 0 spiro atoms. The Labute approximate surface area is 66.8 Å². The molecule has 1 atom stereocenters. The lowest BCUT2D eigenvalue weighted by Gasteiger charge is -1.98. The molecule has 0 unspecified atom stereocenters. The highest BCUT2D eigenvalue weighted by Crippen LogP contribution is 1.76. The molecule has 3 nitrogen and oxygen atoms in total. The van der Waals surface area contributed by atoms with Crippen molar-refractivity contribution in [3.8, 4) is 0 Å². The Kier molecular flexibility index (Phi) is 14.2. The van der Waals surface area contributed by atoms with Gasteiger partial charge in [-0.2, -0.15) is 0 Å². The smallest absolute Gasteiger partial charge is 0.322 e. The van der Waals surface area contributed by atoms with Crippen molar-refractivity contribution in [3.63, 3.8) is 0 Å². The zero-order chi connectivity index (χ0) is 5.86. The lowest BCUT2D eigenvalue weighted by Crippen LogP contribution is -2.27. The van der Waals surface area contributed by atoms with E-state index in [1.54, 1.807) is 6.92 Å². The molecule has 0 radical (unpaired) electrons. The van der Waals surface area contributed by atoms with E-state index in [4.69, 9.17) is 5.73 Å². The molecule has 2 N–H and O–H groups in total. The van der Waals surface area contributed by atoms with Gasteiger partial charge in [-0.1, -0.05) is 0 Å². The van der Waals surface area contributed by atoms with Crippen LogP contribution in [0.2, 0.25) is 0 Å². The first-order valence-electron chi connectivity index (χ1n) is 2.02. The number of ether oxygens (including phenoxy) is 1. The molecular formula is C4H11Cl2NO2. The molecule has 58 valence electrons. The third-order valence-electron chi connectivity index (χ3n) is 0.573. The molecule has 0 aromatic rings. The van der Waals surface area contributed by atoms with Crippen molar-refractivity contribution in [2.75, 3.05) is 7.11 Å². The monoisotopic (exact) mass is 175 g/mol. The van der Waals surface area contributed by atoms with Crippen molar-refractivity contribution in [1.29, 1.82) is 0 Å². The molecule has 0 bridgehead atoms. The fourth-order valence-electron chi connectivity index (χ4n) is 0.186. The lowest BCUT2D eigenvalue weighted by atomic mass is 10.4. The summed E-state index contributed by atoms with van der Waals surface area (Å²) in [6, 6.07) is -0.495. The quantitative estimate of drug-likeness (QED) is 0.586. The Balaban J connectivity index is -0.000000180. The second kappa shape index (κ2) is 8.01. The van der Waals surface area contributed by atoms with Crippen LogP contribution >= 0.6 is 24.8 Å². The van der Waals surface area contributed by atoms with Crippen molar-refractivity contribution >= 4 is 30.8 Å². The number of methoxy groups -OCH3 is 1. The molecule has 5 heteroatoms. The highest BCUT2D eigenvalue weighted by molar-refractivity contribution is 5.85. The molecule has 0 heterocycles. The number of rotatable bonds is 1. The molecule has 0 aromatic heterocycles. The standard InChI is InChI=1S/C4H9NO2.2ClH/c1-3(5)4(6)7-2;;/h3H,5H2,1-2H3;2*1H/t3-;;/m0../s1. The lowest BCUT2D eigenvalue weighted by molar-refractivity contribution is -0.141. The van der Waals surface area contributed by atoms with E-state index in [-0.39, 0.29) is 30.8 Å². The zero-order valence-corrected chi connectivity index (χ0v) is 6.92. The molecule has 0 aliphatic rings. The largest absolute Gasteiger partial charge is 0.468 e. The number of esters is 1. The van der Waals surface area contributed by atoms with Gasteiger partial charge in [0.1, 0.15) is 6.04 Å². The van der Waals surface area contributed by atoms with E-state index in [1.165, 1.54) is 7.11 Å². The first-order chi connectivity index (χ1) is 3.18. The summed E-state index contributed by atoms with van der Waals surface area (Å²) in [7, 11) is 1.31. The molecule has 0 aliphatic carbocycles. The van der Waals surface area contributed by atoms with Crippen molar-refractivity contribution in [2.45, 2.75) is 13.0 Å². The molecule has 0 fully saturated rings. The maximum absolute atomic E-state index is 10.2. The molecule has 0 aliphatic heterocycles. The fourth-order valence-corrected chi connectivity index (χ4v) is 0.186. The minimum atomic E-state index is -0.495. The van der Waals surface area contributed by atoms with Crippen molar-refractivity contribution < 1.29 is 9.53 Å². The van der Waals surface area contributed by atoms with Gasteiger partial charge in [-0.05, 0) is 6.92 Å². The summed E-state index contributed by atoms with van der Waals surface area (Å²) in [4.78, 5) is 10.2. The molecular weight excluding hydrogens is 165 g/mol. The van der Waals surface area contributed by atoms with Crippen molar-refractivity contribution in [1.82, 2.24) is 0 Å². The minimum absolute atomic E-state index is 0. The molecule has 0 aromatic carbocycles. The summed E-state index contributed by atoms with van der Waals surface area (Å²) in [5, 5.41) is 0. The third kappa shape index (κ3) is 8.01. The predicted molar refractivity (Wildman–Crippen MR) is 40.2 cm³/mol. The van der Waals surface area contributed by atoms with E-state index in [2.05, 4.69) is 4.74 Å². The third-order valence-corrected chi connectivity index (χ3v) is 0.573. The predicted octanol–water partition coefficient (Wildman–Crippen LogP) is 0.350. The number of carbonyl (C=O) groups excluding carboxylic acids is 1. The van der Waals surface area contributed by atoms with Gasteiger partial charge < -0.3 is 10.5 Å². The van der Waals surface area contributed by atoms with E-state index >= 15 is 0 Å². The van der Waals surface area contributed by atoms with E-state index in [9.17, 15) is 4.79 Å². The molecule has 0 amide bonds. The first kappa shape index (κ1) is 16.0. The maximum atomic E-state index is 10.2. The fraction of sp³-hybridized carbons (Fsp3) is 0.750. The van der Waals surface area contributed by atoms with Crippen molar-refractivity contribution in [2.24, 2.45) is 5.73 Å². The van der Waals surface area contributed by atoms with E-state index < -0.39 is 6.04 Å². The molecule has 9 heavy (non-hydrogen) atoms.